The van der Waals surface area contributed by atoms with Crippen LogP contribution >= 0.6 is 11.6 Å². The van der Waals surface area contributed by atoms with E-state index in [2.05, 4.69) is 0 Å². The molecule has 0 saturated heterocycles. The van der Waals surface area contributed by atoms with Gasteiger partial charge >= 0.3 is 0 Å². The molecule has 0 radical (unpaired) electrons. The maximum absolute atomic E-state index is 12.3. The van der Waals surface area contributed by atoms with Crippen molar-refractivity contribution in [2.24, 2.45) is 0 Å². The number of halogens is 1. The number of likely N-dealkylation sites (N-methyl/N-ethyl adjacent to an activating group) is 1. The fourth-order valence-corrected chi connectivity index (χ4v) is 2.38. The molecule has 2 aromatic carbocycles. The van der Waals surface area contributed by atoms with Gasteiger partial charge in [0, 0.05) is 12.1 Å². The number of nitrogens with zero attached hydrogens (tertiary/aromatic N) is 1. The van der Waals surface area contributed by atoms with Crippen LogP contribution in [-0.2, 0) is 11.2 Å². The van der Waals surface area contributed by atoms with Gasteiger partial charge in [-0.1, -0.05) is 17.7 Å². The van der Waals surface area contributed by atoms with E-state index < -0.39 is 0 Å². The smallest absolute Gasteiger partial charge is 0.226 e. The summed E-state index contributed by atoms with van der Waals surface area (Å²) in [5.41, 5.74) is 0.869. The van der Waals surface area contributed by atoms with E-state index in [1.54, 1.807) is 56.5 Å². The highest BCUT2D eigenvalue weighted by Crippen LogP contribution is 2.27. The molecule has 134 valence electrons. The van der Waals surface area contributed by atoms with E-state index in [1.165, 1.54) is 0 Å². The van der Waals surface area contributed by atoms with E-state index in [-0.39, 0.29) is 12.3 Å². The van der Waals surface area contributed by atoms with Gasteiger partial charge in [-0.3, -0.25) is 4.79 Å². The number of benzene rings is 2. The van der Waals surface area contributed by atoms with Gasteiger partial charge in [0.15, 0.2) is 11.5 Å². The summed E-state index contributed by atoms with van der Waals surface area (Å²) < 4.78 is 16.1. The van der Waals surface area contributed by atoms with Gasteiger partial charge in [0.05, 0.1) is 27.2 Å². The van der Waals surface area contributed by atoms with E-state index in [1.807, 2.05) is 12.1 Å². The summed E-state index contributed by atoms with van der Waals surface area (Å²) in [4.78, 5) is 14.0. The maximum Gasteiger partial charge on any atom is 0.226 e. The Labute approximate surface area is 153 Å². The molecule has 0 heterocycles. The Kier molecular flexibility index (Phi) is 6.95. The lowest BCUT2D eigenvalue weighted by Gasteiger charge is -2.18. The molecule has 0 unspecified atom stereocenters. The van der Waals surface area contributed by atoms with Crippen molar-refractivity contribution in [3.63, 3.8) is 0 Å². The van der Waals surface area contributed by atoms with E-state index in [0.29, 0.717) is 29.7 Å². The minimum Gasteiger partial charge on any atom is -0.493 e. The van der Waals surface area contributed by atoms with Crippen LogP contribution in [0.25, 0.3) is 0 Å². The monoisotopic (exact) mass is 363 g/mol. The molecule has 0 aromatic heterocycles. The van der Waals surface area contributed by atoms with Gasteiger partial charge in [-0.05, 0) is 42.0 Å². The number of rotatable bonds is 8. The fraction of sp³-hybridized carbons (Fsp3) is 0.316. The molecule has 0 N–H and O–H groups in total. The van der Waals surface area contributed by atoms with Gasteiger partial charge in [-0.2, -0.15) is 0 Å². The van der Waals surface area contributed by atoms with Crippen molar-refractivity contribution in [2.45, 2.75) is 6.42 Å². The van der Waals surface area contributed by atoms with Crippen LogP contribution in [0, 0.1) is 0 Å². The second-order valence-corrected chi connectivity index (χ2v) is 5.92. The number of hydrogen-bond acceptors (Lipinski definition) is 4. The van der Waals surface area contributed by atoms with Crippen LogP contribution in [0.4, 0.5) is 0 Å². The number of methoxy groups -OCH3 is 2. The molecule has 0 spiro atoms. The normalized spacial score (nSPS) is 10.2. The molecular formula is C19H22ClNO4. The second-order valence-electron chi connectivity index (χ2n) is 5.48. The van der Waals surface area contributed by atoms with E-state index in [0.717, 1.165) is 11.3 Å². The van der Waals surface area contributed by atoms with Gasteiger partial charge in [0.25, 0.3) is 0 Å². The SMILES string of the molecule is COc1ccc(CC(=O)N(C)CCOc2ccc(Cl)cc2)cc1OC. The highest BCUT2D eigenvalue weighted by atomic mass is 35.5. The van der Waals surface area contributed by atoms with Crippen LogP contribution in [0.15, 0.2) is 42.5 Å². The largest absolute Gasteiger partial charge is 0.493 e. The molecule has 0 aliphatic rings. The summed E-state index contributed by atoms with van der Waals surface area (Å²) in [5.74, 6) is 1.99. The summed E-state index contributed by atoms with van der Waals surface area (Å²) in [7, 11) is 4.91. The van der Waals surface area contributed by atoms with Gasteiger partial charge in [0.1, 0.15) is 12.4 Å². The Morgan fingerprint density at radius 1 is 1.04 bits per heavy atom. The van der Waals surface area contributed by atoms with Crippen LogP contribution in [-0.4, -0.2) is 45.2 Å². The van der Waals surface area contributed by atoms with Gasteiger partial charge in [0.2, 0.25) is 5.91 Å². The zero-order valence-electron chi connectivity index (χ0n) is 14.6. The lowest BCUT2D eigenvalue weighted by Crippen LogP contribution is -2.32. The quantitative estimate of drug-likeness (QED) is 0.721. The lowest BCUT2D eigenvalue weighted by atomic mass is 10.1. The molecule has 25 heavy (non-hydrogen) atoms. The third-order valence-electron chi connectivity index (χ3n) is 3.74. The Balaban J connectivity index is 1.84. The second kappa shape index (κ2) is 9.18. The topological polar surface area (TPSA) is 48.0 Å². The first kappa shape index (κ1) is 18.9. The fourth-order valence-electron chi connectivity index (χ4n) is 2.26. The number of hydrogen-bond donors (Lipinski definition) is 0. The third-order valence-corrected chi connectivity index (χ3v) is 3.99. The molecule has 0 bridgehead atoms. The zero-order valence-corrected chi connectivity index (χ0v) is 15.4. The standard InChI is InChI=1S/C19H22ClNO4/c1-21(10-11-25-16-7-5-15(20)6-8-16)19(22)13-14-4-9-17(23-2)18(12-14)24-3/h4-9,12H,10-11,13H2,1-3H3. The molecule has 1 amide bonds. The minimum atomic E-state index is 0.00641. The van der Waals surface area contributed by atoms with Crippen molar-refractivity contribution < 1.29 is 19.0 Å². The predicted octanol–water partition coefficient (Wildman–Crippen LogP) is 3.44. The van der Waals surface area contributed by atoms with Crippen molar-refractivity contribution in [3.8, 4) is 17.2 Å². The predicted molar refractivity (Wildman–Crippen MR) is 97.8 cm³/mol. The van der Waals surface area contributed by atoms with Crippen molar-refractivity contribution in [2.75, 3.05) is 34.4 Å². The average molecular weight is 364 g/mol. The molecule has 0 fully saturated rings. The Morgan fingerprint density at radius 3 is 2.36 bits per heavy atom. The van der Waals surface area contributed by atoms with E-state index >= 15 is 0 Å². The molecule has 0 saturated carbocycles. The number of ether oxygens (including phenoxy) is 3. The Morgan fingerprint density at radius 2 is 1.72 bits per heavy atom. The molecule has 2 aromatic rings. The van der Waals surface area contributed by atoms with Crippen molar-refractivity contribution in [1.82, 2.24) is 4.90 Å². The van der Waals surface area contributed by atoms with Gasteiger partial charge in [-0.25, -0.2) is 0 Å². The molecular weight excluding hydrogens is 342 g/mol. The minimum absolute atomic E-state index is 0.00641. The molecule has 0 atom stereocenters. The molecule has 0 aliphatic heterocycles. The van der Waals surface area contributed by atoms with Crippen LogP contribution in [0.1, 0.15) is 5.56 Å². The lowest BCUT2D eigenvalue weighted by molar-refractivity contribution is -0.129. The third kappa shape index (κ3) is 5.57. The van der Waals surface area contributed by atoms with Crippen LogP contribution in [0.5, 0.6) is 17.2 Å². The number of amides is 1. The maximum atomic E-state index is 12.3. The first-order chi connectivity index (χ1) is 12.0. The highest BCUT2D eigenvalue weighted by molar-refractivity contribution is 6.30. The van der Waals surface area contributed by atoms with Crippen molar-refractivity contribution >= 4 is 17.5 Å². The summed E-state index contributed by atoms with van der Waals surface area (Å²) in [6, 6.07) is 12.6. The molecule has 5 nitrogen and oxygen atoms in total. The Bertz CT molecular complexity index is 703. The van der Waals surface area contributed by atoms with E-state index in [4.69, 9.17) is 25.8 Å². The van der Waals surface area contributed by atoms with Crippen molar-refractivity contribution in [3.05, 3.63) is 53.1 Å². The molecule has 2 rings (SSSR count). The first-order valence-corrected chi connectivity index (χ1v) is 8.24. The summed E-state index contributed by atoms with van der Waals surface area (Å²) in [6.45, 7) is 0.907. The molecule has 0 aliphatic carbocycles. The number of carbonyl (C=O) groups is 1. The van der Waals surface area contributed by atoms with Gasteiger partial charge < -0.3 is 19.1 Å². The van der Waals surface area contributed by atoms with Crippen LogP contribution in [0.3, 0.4) is 0 Å². The zero-order chi connectivity index (χ0) is 18.2. The van der Waals surface area contributed by atoms with Crippen LogP contribution < -0.4 is 14.2 Å². The molecule has 6 heteroatoms. The summed E-state index contributed by atoms with van der Waals surface area (Å²) in [5, 5.41) is 0.662. The first-order valence-electron chi connectivity index (χ1n) is 7.86. The highest BCUT2D eigenvalue weighted by Gasteiger charge is 2.12. The summed E-state index contributed by atoms with van der Waals surface area (Å²) in [6.07, 6.45) is 0.289. The van der Waals surface area contributed by atoms with E-state index in [9.17, 15) is 4.79 Å². The number of carbonyl (C=O) groups excluding carboxylic acids is 1. The van der Waals surface area contributed by atoms with Crippen molar-refractivity contribution in [1.29, 1.82) is 0 Å². The average Bonchev–Trinajstić information content (AvgIpc) is 2.63. The summed E-state index contributed by atoms with van der Waals surface area (Å²) >= 11 is 5.83. The van der Waals surface area contributed by atoms with Gasteiger partial charge in [-0.15, -0.1) is 0 Å². The Hall–Kier alpha value is -2.40. The van der Waals surface area contributed by atoms with Crippen LogP contribution in [0.2, 0.25) is 5.02 Å².